The fourth-order valence-corrected chi connectivity index (χ4v) is 4.72. The van der Waals surface area contributed by atoms with Crippen LogP contribution >= 0.6 is 11.3 Å². The predicted molar refractivity (Wildman–Crippen MR) is 108 cm³/mol. The summed E-state index contributed by atoms with van der Waals surface area (Å²) in [6.07, 6.45) is 3.09. The topological polar surface area (TPSA) is 75.1 Å². The molecule has 1 aromatic carbocycles. The third-order valence-corrected chi connectivity index (χ3v) is 6.37. The second kappa shape index (κ2) is 7.64. The zero-order valence-corrected chi connectivity index (χ0v) is 16.1. The second-order valence-electron chi connectivity index (χ2n) is 7.26. The number of rotatable bonds is 5. The van der Waals surface area contributed by atoms with Crippen molar-refractivity contribution < 1.29 is 9.90 Å². The van der Waals surface area contributed by atoms with E-state index in [1.165, 1.54) is 11.1 Å². The van der Waals surface area contributed by atoms with E-state index in [1.54, 1.807) is 11.3 Å². The van der Waals surface area contributed by atoms with E-state index in [2.05, 4.69) is 29.8 Å². The van der Waals surface area contributed by atoms with Gasteiger partial charge < -0.3 is 10.4 Å². The molecule has 2 heterocycles. The Hall–Kier alpha value is -2.47. The maximum absolute atomic E-state index is 11.2. The van der Waals surface area contributed by atoms with Crippen molar-refractivity contribution in [2.75, 3.05) is 5.32 Å². The van der Waals surface area contributed by atoms with Crippen LogP contribution in [0.15, 0.2) is 35.7 Å². The molecule has 0 aliphatic heterocycles. The number of nitrogens with one attached hydrogen (secondary N) is 1. The number of carboxylic acid groups (broad SMARTS) is 1. The Morgan fingerprint density at radius 1 is 1.19 bits per heavy atom. The van der Waals surface area contributed by atoms with Crippen molar-refractivity contribution in [2.24, 2.45) is 5.92 Å². The van der Waals surface area contributed by atoms with Gasteiger partial charge in [0.2, 0.25) is 0 Å². The van der Waals surface area contributed by atoms with Gasteiger partial charge in [0.15, 0.2) is 0 Å². The Kier molecular flexibility index (Phi) is 5.07. The van der Waals surface area contributed by atoms with E-state index in [4.69, 9.17) is 9.97 Å². The van der Waals surface area contributed by atoms with E-state index >= 15 is 0 Å². The average molecular weight is 382 g/mol. The van der Waals surface area contributed by atoms with E-state index < -0.39 is 5.97 Å². The van der Waals surface area contributed by atoms with Gasteiger partial charge in [0.1, 0.15) is 16.5 Å². The zero-order chi connectivity index (χ0) is 18.8. The van der Waals surface area contributed by atoms with Crippen molar-refractivity contribution in [2.45, 2.75) is 45.1 Å². The lowest BCUT2D eigenvalue weighted by Crippen LogP contribution is -2.21. The van der Waals surface area contributed by atoms with Gasteiger partial charge in [-0.05, 0) is 49.1 Å². The van der Waals surface area contributed by atoms with Crippen LogP contribution in [0.3, 0.4) is 0 Å². The molecular weight excluding hydrogens is 358 g/mol. The molecule has 0 atom stereocenters. The first-order chi connectivity index (χ1) is 13.1. The van der Waals surface area contributed by atoms with E-state index in [-0.39, 0.29) is 11.8 Å². The highest BCUT2D eigenvalue weighted by atomic mass is 32.1. The first-order valence-electron chi connectivity index (χ1n) is 9.38. The molecule has 0 saturated heterocycles. The molecule has 140 valence electrons. The summed E-state index contributed by atoms with van der Waals surface area (Å²) in [5, 5.41) is 15.9. The molecular formula is C21H23N3O2S. The number of benzene rings is 1. The number of fused-ring (bicyclic) bond motifs is 1. The number of carboxylic acids is 1. The molecule has 0 bridgehead atoms. The van der Waals surface area contributed by atoms with Gasteiger partial charge in [0.05, 0.1) is 11.3 Å². The molecule has 1 fully saturated rings. The zero-order valence-electron chi connectivity index (χ0n) is 15.3. The van der Waals surface area contributed by atoms with Gasteiger partial charge in [-0.15, -0.1) is 11.3 Å². The highest BCUT2D eigenvalue weighted by molar-refractivity contribution is 7.17. The van der Waals surface area contributed by atoms with Crippen LogP contribution in [0.25, 0.3) is 10.2 Å². The summed E-state index contributed by atoms with van der Waals surface area (Å²) in [4.78, 5) is 21.9. The molecule has 3 aromatic rings. The van der Waals surface area contributed by atoms with Crippen molar-refractivity contribution >= 4 is 33.3 Å². The quantitative estimate of drug-likeness (QED) is 0.652. The molecule has 0 radical (unpaired) electrons. The molecule has 5 nitrogen and oxygen atoms in total. The molecule has 0 amide bonds. The Morgan fingerprint density at radius 3 is 2.63 bits per heavy atom. The van der Waals surface area contributed by atoms with Crippen molar-refractivity contribution in [3.05, 3.63) is 52.7 Å². The van der Waals surface area contributed by atoms with Crippen molar-refractivity contribution in [3.8, 4) is 0 Å². The summed E-state index contributed by atoms with van der Waals surface area (Å²) in [5.74, 6) is 1.08. The van der Waals surface area contributed by atoms with E-state index in [9.17, 15) is 9.90 Å². The molecule has 2 N–H and O–H groups in total. The van der Waals surface area contributed by atoms with Gasteiger partial charge in [0.25, 0.3) is 0 Å². The summed E-state index contributed by atoms with van der Waals surface area (Å²) < 4.78 is 0. The first-order valence-corrected chi connectivity index (χ1v) is 10.3. The summed E-state index contributed by atoms with van der Waals surface area (Å²) in [5.41, 5.74) is 2.40. The number of hydrogen-bond donors (Lipinski definition) is 2. The molecule has 1 aliphatic carbocycles. The average Bonchev–Trinajstić information content (AvgIpc) is 3.08. The van der Waals surface area contributed by atoms with Crippen molar-refractivity contribution in [3.63, 3.8) is 0 Å². The number of aliphatic carboxylic acids is 1. The molecule has 1 saturated carbocycles. The highest BCUT2D eigenvalue weighted by Gasteiger charge is 2.29. The molecule has 4 rings (SSSR count). The first kappa shape index (κ1) is 17.9. The second-order valence-corrected chi connectivity index (χ2v) is 8.11. The largest absolute Gasteiger partial charge is 0.481 e. The van der Waals surface area contributed by atoms with Gasteiger partial charge in [-0.1, -0.05) is 30.3 Å². The van der Waals surface area contributed by atoms with Crippen molar-refractivity contribution in [1.29, 1.82) is 0 Å². The van der Waals surface area contributed by atoms with Crippen LogP contribution in [0.4, 0.5) is 5.82 Å². The number of thiophene rings is 1. The Morgan fingerprint density at radius 2 is 1.93 bits per heavy atom. The molecule has 1 aliphatic rings. The summed E-state index contributed by atoms with van der Waals surface area (Å²) in [6.45, 7) is 2.81. The van der Waals surface area contributed by atoms with Crippen LogP contribution in [0.5, 0.6) is 0 Å². The number of carbonyl (C=O) groups is 1. The summed E-state index contributed by atoms with van der Waals surface area (Å²) in [6, 6.07) is 10.3. The number of aromatic nitrogens is 2. The molecule has 0 unspecified atom stereocenters. The Balaban J connectivity index is 1.60. The van der Waals surface area contributed by atoms with Crippen LogP contribution < -0.4 is 5.32 Å². The van der Waals surface area contributed by atoms with Crippen LogP contribution in [0.2, 0.25) is 0 Å². The lowest BCUT2D eigenvalue weighted by Gasteiger charge is -2.25. The van der Waals surface area contributed by atoms with Crippen LogP contribution in [-0.2, 0) is 11.3 Å². The molecule has 6 heteroatoms. The van der Waals surface area contributed by atoms with Crippen LogP contribution in [-0.4, -0.2) is 21.0 Å². The molecule has 2 aromatic heterocycles. The van der Waals surface area contributed by atoms with Gasteiger partial charge >= 0.3 is 5.97 Å². The SMILES string of the molecule is Cc1csc2nc(C3CCC(C(=O)O)CC3)nc(NCc3ccccc3)c12. The van der Waals surface area contributed by atoms with Gasteiger partial charge in [-0.3, -0.25) is 4.79 Å². The maximum Gasteiger partial charge on any atom is 0.306 e. The molecule has 27 heavy (non-hydrogen) atoms. The number of hydrogen-bond acceptors (Lipinski definition) is 5. The predicted octanol–water partition coefficient (Wildman–Crippen LogP) is 4.97. The van der Waals surface area contributed by atoms with Crippen LogP contribution in [0, 0.1) is 12.8 Å². The minimum Gasteiger partial charge on any atom is -0.481 e. The fraction of sp³-hybridized carbons (Fsp3) is 0.381. The summed E-state index contributed by atoms with van der Waals surface area (Å²) in [7, 11) is 0. The third-order valence-electron chi connectivity index (χ3n) is 5.38. The summed E-state index contributed by atoms with van der Waals surface area (Å²) >= 11 is 1.65. The standard InChI is InChI=1S/C21H23N3O2S/c1-13-12-27-20-17(13)19(22-11-14-5-3-2-4-6-14)23-18(24-20)15-7-9-16(10-8-15)21(25)26/h2-6,12,15-16H,7-11H2,1H3,(H,25,26)(H,22,23,24). The monoisotopic (exact) mass is 381 g/mol. The van der Waals surface area contributed by atoms with Gasteiger partial charge in [-0.25, -0.2) is 9.97 Å². The van der Waals surface area contributed by atoms with E-state index in [0.29, 0.717) is 19.4 Å². The number of nitrogens with zero attached hydrogens (tertiary/aromatic N) is 2. The van der Waals surface area contributed by atoms with Gasteiger partial charge in [0, 0.05) is 12.5 Å². The van der Waals surface area contributed by atoms with E-state index in [0.717, 1.165) is 34.7 Å². The van der Waals surface area contributed by atoms with E-state index in [1.807, 2.05) is 18.2 Å². The number of aryl methyl sites for hydroxylation is 1. The maximum atomic E-state index is 11.2. The third kappa shape index (κ3) is 3.81. The molecule has 0 spiro atoms. The van der Waals surface area contributed by atoms with Crippen LogP contribution in [0.1, 0.15) is 48.6 Å². The minimum absolute atomic E-state index is 0.218. The lowest BCUT2D eigenvalue weighted by atomic mass is 9.81. The van der Waals surface area contributed by atoms with Gasteiger partial charge in [-0.2, -0.15) is 0 Å². The number of anilines is 1. The lowest BCUT2D eigenvalue weighted by molar-refractivity contribution is -0.142. The highest BCUT2D eigenvalue weighted by Crippen LogP contribution is 2.37. The fourth-order valence-electron chi connectivity index (χ4n) is 3.79. The Bertz CT molecular complexity index is 947. The minimum atomic E-state index is -0.677. The van der Waals surface area contributed by atoms with Crippen molar-refractivity contribution in [1.82, 2.24) is 9.97 Å². The smallest absolute Gasteiger partial charge is 0.306 e. The Labute approximate surface area is 162 Å². The normalized spacial score (nSPS) is 19.9.